The average Bonchev–Trinajstić information content (AvgIpc) is 3.43. The zero-order chi connectivity index (χ0) is 27.1. The molecular weight excluding hydrogens is 506 g/mol. The molecule has 0 bridgehead atoms. The van der Waals surface area contributed by atoms with Gasteiger partial charge < -0.3 is 20.7 Å². The van der Waals surface area contributed by atoms with Gasteiger partial charge in [0.1, 0.15) is 12.6 Å². The number of amides is 2. The summed E-state index contributed by atoms with van der Waals surface area (Å²) in [5, 5.41) is 16.3. The molecule has 2 heterocycles. The summed E-state index contributed by atoms with van der Waals surface area (Å²) in [5.41, 5.74) is 7.06. The predicted octanol–water partition coefficient (Wildman–Crippen LogP) is 3.05. The molecule has 1 saturated heterocycles. The van der Waals surface area contributed by atoms with E-state index < -0.39 is 11.0 Å². The molecule has 3 N–H and O–H groups in total. The first-order valence-electron chi connectivity index (χ1n) is 13.2. The highest BCUT2D eigenvalue weighted by molar-refractivity contribution is 7.09. The first-order chi connectivity index (χ1) is 18.3. The summed E-state index contributed by atoms with van der Waals surface area (Å²) in [5.74, 6) is -0.303. The summed E-state index contributed by atoms with van der Waals surface area (Å²) in [6, 6.07) is 10.4. The van der Waals surface area contributed by atoms with Crippen LogP contribution in [-0.4, -0.2) is 71.0 Å². The van der Waals surface area contributed by atoms with Crippen LogP contribution in [0.5, 0.6) is 0 Å². The normalized spacial score (nSPS) is 23.8. The van der Waals surface area contributed by atoms with Crippen LogP contribution in [0.1, 0.15) is 49.0 Å². The Balaban J connectivity index is 1.52. The van der Waals surface area contributed by atoms with Crippen LogP contribution in [0.4, 0.5) is 5.69 Å². The van der Waals surface area contributed by atoms with Crippen molar-refractivity contribution in [1.29, 1.82) is 0 Å². The SMILES string of the molecule is COCC(=O)N1CCC(N(Cc2ccc([N+](=O)[O-])cc2)Cc2cccs2)C[C@@H]1C(=O)NC1CCC(N)CC1. The number of carbonyl (C=O) groups is 2. The third-order valence-corrected chi connectivity index (χ3v) is 8.43. The second-order valence-electron chi connectivity index (χ2n) is 10.2. The number of non-ortho nitro benzene ring substituents is 1. The molecule has 11 heteroatoms. The van der Waals surface area contributed by atoms with Gasteiger partial charge in [0.05, 0.1) is 4.92 Å². The molecule has 2 amide bonds. The molecule has 4 rings (SSSR count). The van der Waals surface area contributed by atoms with Gasteiger partial charge in [0.2, 0.25) is 11.8 Å². The first-order valence-corrected chi connectivity index (χ1v) is 14.1. The molecule has 2 aliphatic rings. The number of thiophene rings is 1. The largest absolute Gasteiger partial charge is 0.375 e. The monoisotopic (exact) mass is 543 g/mol. The lowest BCUT2D eigenvalue weighted by Gasteiger charge is -2.43. The summed E-state index contributed by atoms with van der Waals surface area (Å²) in [6.45, 7) is 1.68. The van der Waals surface area contributed by atoms with E-state index in [2.05, 4.69) is 16.3 Å². The van der Waals surface area contributed by atoms with Crippen molar-refractivity contribution in [3.8, 4) is 0 Å². The number of piperidine rings is 1. The Hall–Kier alpha value is -2.86. The van der Waals surface area contributed by atoms with Gasteiger partial charge >= 0.3 is 0 Å². The maximum Gasteiger partial charge on any atom is 0.269 e. The van der Waals surface area contributed by atoms with Crippen LogP contribution in [0.15, 0.2) is 41.8 Å². The molecule has 1 aliphatic carbocycles. The number of likely N-dealkylation sites (tertiary alicyclic amines) is 1. The van der Waals surface area contributed by atoms with Crippen molar-refractivity contribution in [2.45, 2.75) is 75.8 Å². The fraction of sp³-hybridized carbons (Fsp3) is 0.556. The minimum atomic E-state index is -0.588. The number of rotatable bonds is 10. The van der Waals surface area contributed by atoms with Crippen LogP contribution in [0.25, 0.3) is 0 Å². The molecular formula is C27H37N5O5S. The van der Waals surface area contributed by atoms with Crippen LogP contribution in [0.2, 0.25) is 0 Å². The molecule has 38 heavy (non-hydrogen) atoms. The van der Waals surface area contributed by atoms with Crippen LogP contribution >= 0.6 is 11.3 Å². The van der Waals surface area contributed by atoms with Crippen LogP contribution in [0, 0.1) is 10.1 Å². The molecule has 206 valence electrons. The third-order valence-electron chi connectivity index (χ3n) is 7.57. The number of methoxy groups -OCH3 is 1. The lowest BCUT2D eigenvalue weighted by molar-refractivity contribution is -0.384. The third kappa shape index (κ3) is 7.37. The van der Waals surface area contributed by atoms with E-state index in [1.165, 1.54) is 24.1 Å². The van der Waals surface area contributed by atoms with Crippen molar-refractivity contribution in [3.63, 3.8) is 0 Å². The quantitative estimate of drug-likeness (QED) is 0.348. The highest BCUT2D eigenvalue weighted by Crippen LogP contribution is 2.28. The highest BCUT2D eigenvalue weighted by Gasteiger charge is 2.39. The topological polar surface area (TPSA) is 131 Å². The van der Waals surface area contributed by atoms with Crippen molar-refractivity contribution < 1.29 is 19.2 Å². The fourth-order valence-electron chi connectivity index (χ4n) is 5.47. The summed E-state index contributed by atoms with van der Waals surface area (Å²) in [6.07, 6.45) is 4.68. The molecule has 1 unspecified atom stereocenters. The molecule has 1 aromatic heterocycles. The van der Waals surface area contributed by atoms with Gasteiger partial charge in [-0.05, 0) is 55.5 Å². The molecule has 1 aromatic carbocycles. The highest BCUT2D eigenvalue weighted by atomic mass is 32.1. The maximum absolute atomic E-state index is 13.6. The van der Waals surface area contributed by atoms with E-state index in [4.69, 9.17) is 10.5 Å². The smallest absolute Gasteiger partial charge is 0.269 e. The molecule has 1 saturated carbocycles. The zero-order valence-electron chi connectivity index (χ0n) is 21.8. The summed E-state index contributed by atoms with van der Waals surface area (Å²) in [7, 11) is 1.48. The molecule has 2 atom stereocenters. The van der Waals surface area contributed by atoms with Gasteiger partial charge in [-0.1, -0.05) is 18.2 Å². The minimum absolute atomic E-state index is 0.0504. The average molecular weight is 544 g/mol. The first kappa shape index (κ1) is 28.2. The van der Waals surface area contributed by atoms with E-state index >= 15 is 0 Å². The Bertz CT molecular complexity index is 1070. The predicted molar refractivity (Wildman–Crippen MR) is 145 cm³/mol. The van der Waals surface area contributed by atoms with Crippen LogP contribution < -0.4 is 11.1 Å². The zero-order valence-corrected chi connectivity index (χ0v) is 22.6. The second kappa shape index (κ2) is 13.3. The Labute approximate surface area is 227 Å². The number of nitro groups is 1. The van der Waals surface area contributed by atoms with Crippen LogP contribution in [0.3, 0.4) is 0 Å². The molecule has 1 aliphatic heterocycles. The lowest BCUT2D eigenvalue weighted by Crippen LogP contribution is -2.59. The number of ether oxygens (including phenoxy) is 1. The van der Waals surface area contributed by atoms with Crippen molar-refractivity contribution >= 4 is 28.8 Å². The van der Waals surface area contributed by atoms with Crippen molar-refractivity contribution in [2.24, 2.45) is 5.73 Å². The second-order valence-corrected chi connectivity index (χ2v) is 11.3. The van der Waals surface area contributed by atoms with Crippen molar-refractivity contribution in [3.05, 3.63) is 62.3 Å². The molecule has 2 aromatic rings. The van der Waals surface area contributed by atoms with Crippen molar-refractivity contribution in [1.82, 2.24) is 15.1 Å². The van der Waals surface area contributed by atoms with Gasteiger partial charge in [-0.25, -0.2) is 0 Å². The number of nitrogens with zero attached hydrogens (tertiary/aromatic N) is 3. The molecule has 2 fully saturated rings. The summed E-state index contributed by atoms with van der Waals surface area (Å²) >= 11 is 1.67. The van der Waals surface area contributed by atoms with Crippen LogP contribution in [-0.2, 0) is 27.4 Å². The lowest BCUT2D eigenvalue weighted by atomic mass is 9.90. The Kier molecular flexibility index (Phi) is 9.84. The number of nitrogens with two attached hydrogens (primary N) is 1. The Morgan fingerprint density at radius 3 is 2.53 bits per heavy atom. The fourth-order valence-corrected chi connectivity index (χ4v) is 6.20. The van der Waals surface area contributed by atoms with Crippen molar-refractivity contribution in [2.75, 3.05) is 20.3 Å². The maximum atomic E-state index is 13.6. The number of benzene rings is 1. The molecule has 0 radical (unpaired) electrons. The minimum Gasteiger partial charge on any atom is -0.375 e. The summed E-state index contributed by atoms with van der Waals surface area (Å²) in [4.78, 5) is 42.3. The number of carbonyl (C=O) groups excluding carboxylic acids is 2. The van der Waals surface area contributed by atoms with E-state index in [1.54, 1.807) is 28.4 Å². The number of nitro benzene ring substituents is 1. The van der Waals surface area contributed by atoms with Gasteiger partial charge in [0, 0.05) is 61.9 Å². The van der Waals surface area contributed by atoms with Gasteiger partial charge in [-0.3, -0.25) is 24.6 Å². The van der Waals surface area contributed by atoms with E-state index in [9.17, 15) is 19.7 Å². The molecule has 10 nitrogen and oxygen atoms in total. The van der Waals surface area contributed by atoms with Gasteiger partial charge in [0.25, 0.3) is 5.69 Å². The van der Waals surface area contributed by atoms with Gasteiger partial charge in [-0.15, -0.1) is 11.3 Å². The Morgan fingerprint density at radius 2 is 1.89 bits per heavy atom. The molecule has 0 spiro atoms. The number of nitrogens with one attached hydrogen (secondary N) is 1. The van der Waals surface area contributed by atoms with E-state index in [0.717, 1.165) is 37.7 Å². The standard InChI is InChI=1S/C27H37N5O5S/c1-37-18-26(33)31-13-12-23(15-25(31)27(34)29-21-8-6-20(28)7-9-21)30(17-24-3-2-14-38-24)16-19-4-10-22(11-5-19)32(35)36/h2-5,10-11,14,20-21,23,25H,6-9,12-13,15-18,28H2,1H3,(H,29,34)/t20?,21?,23?,25-/m1/s1. The van der Waals surface area contributed by atoms with E-state index in [0.29, 0.717) is 26.1 Å². The van der Waals surface area contributed by atoms with E-state index in [-0.39, 0.29) is 42.2 Å². The Morgan fingerprint density at radius 1 is 1.16 bits per heavy atom. The number of hydrogen-bond donors (Lipinski definition) is 2. The van der Waals surface area contributed by atoms with Gasteiger partial charge in [-0.2, -0.15) is 0 Å². The summed E-state index contributed by atoms with van der Waals surface area (Å²) < 4.78 is 5.10. The van der Waals surface area contributed by atoms with Gasteiger partial charge in [0.15, 0.2) is 0 Å². The number of hydrogen-bond acceptors (Lipinski definition) is 8. The van der Waals surface area contributed by atoms with E-state index in [1.807, 2.05) is 11.4 Å².